The van der Waals surface area contributed by atoms with Crippen LogP contribution >= 0.6 is 0 Å². The summed E-state index contributed by atoms with van der Waals surface area (Å²) in [5.41, 5.74) is 8.07. The van der Waals surface area contributed by atoms with Crippen LogP contribution in [0.15, 0.2) is 18.2 Å². The number of ketones is 1. The lowest BCUT2D eigenvalue weighted by atomic mass is 9.96. The average Bonchev–Trinajstić information content (AvgIpc) is 2.29. The Labute approximate surface area is 100 Å². The van der Waals surface area contributed by atoms with Crippen LogP contribution in [0.25, 0.3) is 0 Å². The van der Waals surface area contributed by atoms with E-state index in [1.165, 1.54) is 0 Å². The maximum absolute atomic E-state index is 11.5. The van der Waals surface area contributed by atoms with Gasteiger partial charge in [-0.2, -0.15) is 0 Å². The summed E-state index contributed by atoms with van der Waals surface area (Å²) in [4.78, 5) is 23.0. The number of hydrogen-bond donors (Lipinski definition) is 2. The van der Waals surface area contributed by atoms with Crippen molar-refractivity contribution in [3.8, 4) is 0 Å². The second kappa shape index (κ2) is 5.10. The summed E-state index contributed by atoms with van der Waals surface area (Å²) < 4.78 is 0. The van der Waals surface area contributed by atoms with E-state index in [-0.39, 0.29) is 11.7 Å². The molecule has 1 aromatic rings. The summed E-state index contributed by atoms with van der Waals surface area (Å²) in [6, 6.07) is 5.61. The van der Waals surface area contributed by atoms with Crippen molar-refractivity contribution >= 4 is 11.7 Å². The number of Topliss-reactive ketones (excluding diaryl/α,β-unsaturated/α-hetero) is 1. The minimum absolute atomic E-state index is 0.0221. The van der Waals surface area contributed by atoms with Gasteiger partial charge in [0.1, 0.15) is 5.78 Å². The molecule has 1 aliphatic heterocycles. The van der Waals surface area contributed by atoms with Crippen LogP contribution in [-0.2, 0) is 17.6 Å². The Morgan fingerprint density at radius 1 is 1.41 bits per heavy atom. The first-order chi connectivity index (χ1) is 8.20. The summed E-state index contributed by atoms with van der Waals surface area (Å²) in [6.07, 6.45) is 1.66. The van der Waals surface area contributed by atoms with E-state index in [4.69, 9.17) is 5.73 Å². The van der Waals surface area contributed by atoms with Crippen LogP contribution in [0.1, 0.15) is 27.9 Å². The molecular weight excluding hydrogens is 216 g/mol. The maximum atomic E-state index is 11.5. The van der Waals surface area contributed by atoms with Crippen LogP contribution in [0, 0.1) is 0 Å². The Morgan fingerprint density at radius 3 is 3.00 bits per heavy atom. The van der Waals surface area contributed by atoms with Crippen LogP contribution in [0.4, 0.5) is 0 Å². The predicted molar refractivity (Wildman–Crippen MR) is 64.9 cm³/mol. The molecule has 90 valence electrons. The number of carbonyl (C=O) groups excluding carboxylic acids is 2. The SMILES string of the molecule is NCCC(=O)Cc1ccc2c(c1)CCNC2=O. The van der Waals surface area contributed by atoms with Gasteiger partial charge in [0.2, 0.25) is 0 Å². The van der Waals surface area contributed by atoms with Crippen LogP contribution in [0.3, 0.4) is 0 Å². The Bertz CT molecular complexity index is 455. The van der Waals surface area contributed by atoms with Crippen molar-refractivity contribution in [1.82, 2.24) is 5.32 Å². The normalized spacial score (nSPS) is 14.1. The van der Waals surface area contributed by atoms with Crippen molar-refractivity contribution in [2.45, 2.75) is 19.3 Å². The van der Waals surface area contributed by atoms with Gasteiger partial charge in [0.15, 0.2) is 0 Å². The number of rotatable bonds is 4. The maximum Gasteiger partial charge on any atom is 0.251 e. The van der Waals surface area contributed by atoms with Crippen molar-refractivity contribution in [1.29, 1.82) is 0 Å². The number of hydrogen-bond acceptors (Lipinski definition) is 3. The number of carbonyl (C=O) groups is 2. The lowest BCUT2D eigenvalue weighted by Gasteiger charge is -2.17. The minimum atomic E-state index is -0.0221. The first-order valence-electron chi connectivity index (χ1n) is 5.82. The van der Waals surface area contributed by atoms with Crippen molar-refractivity contribution in [2.24, 2.45) is 5.73 Å². The fourth-order valence-corrected chi connectivity index (χ4v) is 2.07. The molecule has 0 saturated heterocycles. The van der Waals surface area contributed by atoms with Gasteiger partial charge in [-0.3, -0.25) is 9.59 Å². The van der Waals surface area contributed by atoms with Crippen molar-refractivity contribution < 1.29 is 9.59 Å². The van der Waals surface area contributed by atoms with E-state index < -0.39 is 0 Å². The topological polar surface area (TPSA) is 72.2 Å². The molecule has 1 amide bonds. The Hall–Kier alpha value is -1.68. The Balaban J connectivity index is 2.16. The molecule has 3 N–H and O–H groups in total. The Kier molecular flexibility index (Phi) is 3.54. The van der Waals surface area contributed by atoms with E-state index in [9.17, 15) is 9.59 Å². The van der Waals surface area contributed by atoms with Gasteiger partial charge >= 0.3 is 0 Å². The monoisotopic (exact) mass is 232 g/mol. The second-order valence-electron chi connectivity index (χ2n) is 4.25. The van der Waals surface area contributed by atoms with E-state index >= 15 is 0 Å². The zero-order valence-electron chi connectivity index (χ0n) is 9.66. The number of nitrogens with one attached hydrogen (secondary N) is 1. The average molecular weight is 232 g/mol. The molecule has 0 aromatic heterocycles. The van der Waals surface area contributed by atoms with Gasteiger partial charge in [-0.15, -0.1) is 0 Å². The molecule has 4 heteroatoms. The van der Waals surface area contributed by atoms with E-state index in [2.05, 4.69) is 5.32 Å². The quantitative estimate of drug-likeness (QED) is 0.791. The summed E-state index contributed by atoms with van der Waals surface area (Å²) in [5.74, 6) is 0.124. The third-order valence-electron chi connectivity index (χ3n) is 2.92. The van der Waals surface area contributed by atoms with E-state index in [0.29, 0.717) is 25.9 Å². The Morgan fingerprint density at radius 2 is 2.24 bits per heavy atom. The first kappa shape index (κ1) is 11.8. The zero-order chi connectivity index (χ0) is 12.3. The number of nitrogens with two attached hydrogens (primary N) is 1. The van der Waals surface area contributed by atoms with Gasteiger partial charge in [-0.25, -0.2) is 0 Å². The van der Waals surface area contributed by atoms with E-state index in [1.807, 2.05) is 12.1 Å². The number of fused-ring (bicyclic) bond motifs is 1. The predicted octanol–water partition coefficient (Wildman–Crippen LogP) is 0.433. The number of benzene rings is 1. The lowest BCUT2D eigenvalue weighted by Crippen LogP contribution is -2.31. The zero-order valence-corrected chi connectivity index (χ0v) is 9.66. The van der Waals surface area contributed by atoms with Gasteiger partial charge < -0.3 is 11.1 Å². The second-order valence-corrected chi connectivity index (χ2v) is 4.25. The molecule has 0 aliphatic carbocycles. The molecule has 1 aromatic carbocycles. The van der Waals surface area contributed by atoms with Gasteiger partial charge in [0, 0.05) is 24.9 Å². The fraction of sp³-hybridized carbons (Fsp3) is 0.385. The fourth-order valence-electron chi connectivity index (χ4n) is 2.07. The first-order valence-corrected chi connectivity index (χ1v) is 5.82. The highest BCUT2D eigenvalue weighted by Gasteiger charge is 2.16. The van der Waals surface area contributed by atoms with Gasteiger partial charge in [-0.1, -0.05) is 12.1 Å². The highest BCUT2D eigenvalue weighted by atomic mass is 16.1. The smallest absolute Gasteiger partial charge is 0.251 e. The molecule has 1 aliphatic rings. The van der Waals surface area contributed by atoms with Crippen LogP contribution < -0.4 is 11.1 Å². The highest BCUT2D eigenvalue weighted by molar-refractivity contribution is 5.96. The molecular formula is C13H16N2O2. The molecule has 2 rings (SSSR count). The molecule has 4 nitrogen and oxygen atoms in total. The number of amides is 1. The van der Waals surface area contributed by atoms with Crippen LogP contribution in [0.2, 0.25) is 0 Å². The molecule has 1 heterocycles. The third kappa shape index (κ3) is 2.71. The standard InChI is InChI=1S/C13H16N2O2/c14-5-3-11(16)8-9-1-2-12-10(7-9)4-6-15-13(12)17/h1-2,7H,3-6,8,14H2,(H,15,17). The molecule has 0 spiro atoms. The molecule has 0 radical (unpaired) electrons. The molecule has 0 unspecified atom stereocenters. The summed E-state index contributed by atoms with van der Waals surface area (Å²) >= 11 is 0. The molecule has 0 fully saturated rings. The lowest BCUT2D eigenvalue weighted by molar-refractivity contribution is -0.118. The van der Waals surface area contributed by atoms with E-state index in [1.54, 1.807) is 6.07 Å². The van der Waals surface area contributed by atoms with Crippen molar-refractivity contribution in [2.75, 3.05) is 13.1 Å². The van der Waals surface area contributed by atoms with Crippen molar-refractivity contribution in [3.63, 3.8) is 0 Å². The largest absolute Gasteiger partial charge is 0.352 e. The summed E-state index contributed by atoms with van der Waals surface area (Å²) in [6.45, 7) is 1.07. The van der Waals surface area contributed by atoms with Gasteiger partial charge in [-0.05, 0) is 30.2 Å². The third-order valence-corrected chi connectivity index (χ3v) is 2.92. The molecule has 0 atom stereocenters. The van der Waals surface area contributed by atoms with Gasteiger partial charge in [0.25, 0.3) is 5.91 Å². The summed E-state index contributed by atoms with van der Waals surface area (Å²) in [5, 5.41) is 2.80. The highest BCUT2D eigenvalue weighted by Crippen LogP contribution is 2.16. The minimum Gasteiger partial charge on any atom is -0.352 e. The molecule has 17 heavy (non-hydrogen) atoms. The van der Waals surface area contributed by atoms with Crippen molar-refractivity contribution in [3.05, 3.63) is 34.9 Å². The van der Waals surface area contributed by atoms with Gasteiger partial charge in [0.05, 0.1) is 0 Å². The summed E-state index contributed by atoms with van der Waals surface area (Å²) in [7, 11) is 0. The van der Waals surface area contributed by atoms with E-state index in [0.717, 1.165) is 23.1 Å². The van der Waals surface area contributed by atoms with Crippen LogP contribution in [-0.4, -0.2) is 24.8 Å². The molecule has 0 saturated carbocycles. The molecule has 0 bridgehead atoms. The van der Waals surface area contributed by atoms with Crippen LogP contribution in [0.5, 0.6) is 0 Å².